The molecule has 188 valence electrons. The number of anilines is 2. The molecule has 1 atom stereocenters. The van der Waals surface area contributed by atoms with Crippen molar-refractivity contribution < 1.29 is 9.59 Å². The number of nitrogen functional groups attached to an aromatic ring is 1. The highest BCUT2D eigenvalue weighted by Crippen LogP contribution is 2.27. The maximum atomic E-state index is 13.7. The normalized spacial score (nSPS) is 14.5. The van der Waals surface area contributed by atoms with E-state index in [1.807, 2.05) is 6.07 Å². The molecule has 0 aliphatic carbocycles. The van der Waals surface area contributed by atoms with Gasteiger partial charge in [-0.15, -0.1) is 0 Å². The van der Waals surface area contributed by atoms with E-state index in [0.717, 1.165) is 0 Å². The standard InChI is InChI=1S/C26H21N9O3/c1-2-4-21(36)33-12-11-19(14-33)35-24-22(23(28)29-15-30-24)34(26(35)38)18-9-7-16(8-10-18)25(37)32-20-6-3-5-17(13-27)31-20/h3,5-10,15,19H,11-12,14H2,1H3,(H2,28,29,30)(H,31,32,37). The first-order valence-electron chi connectivity index (χ1n) is 11.6. The molecule has 2 amide bonds. The molecule has 4 heterocycles. The van der Waals surface area contributed by atoms with Crippen LogP contribution in [0.1, 0.15) is 35.4 Å². The lowest BCUT2D eigenvalue weighted by Crippen LogP contribution is -2.31. The molecule has 0 radical (unpaired) electrons. The van der Waals surface area contributed by atoms with E-state index in [1.54, 1.807) is 48.2 Å². The van der Waals surface area contributed by atoms with Gasteiger partial charge in [0, 0.05) is 18.7 Å². The van der Waals surface area contributed by atoms with Crippen molar-refractivity contribution in [3.05, 3.63) is 70.5 Å². The van der Waals surface area contributed by atoms with Crippen LogP contribution >= 0.6 is 0 Å². The molecule has 12 heteroatoms. The number of likely N-dealkylation sites (tertiary alicyclic amines) is 1. The number of benzene rings is 1. The first kappa shape index (κ1) is 24.2. The maximum absolute atomic E-state index is 13.7. The molecule has 4 aromatic rings. The van der Waals surface area contributed by atoms with Crippen molar-refractivity contribution in [1.29, 1.82) is 5.26 Å². The smallest absolute Gasteiger partial charge is 0.335 e. The minimum atomic E-state index is -0.428. The molecule has 1 aliphatic heterocycles. The summed E-state index contributed by atoms with van der Waals surface area (Å²) >= 11 is 0. The lowest BCUT2D eigenvalue weighted by molar-refractivity contribution is -0.124. The van der Waals surface area contributed by atoms with Gasteiger partial charge in [0.2, 0.25) is 0 Å². The van der Waals surface area contributed by atoms with Gasteiger partial charge in [0.25, 0.3) is 11.8 Å². The first-order chi connectivity index (χ1) is 18.4. The summed E-state index contributed by atoms with van der Waals surface area (Å²) in [6, 6.07) is 12.7. The van der Waals surface area contributed by atoms with Crippen molar-refractivity contribution in [2.24, 2.45) is 0 Å². The number of hydrogen-bond acceptors (Lipinski definition) is 8. The Labute approximate surface area is 216 Å². The predicted molar refractivity (Wildman–Crippen MR) is 138 cm³/mol. The summed E-state index contributed by atoms with van der Waals surface area (Å²) in [5.41, 5.74) is 7.45. The average Bonchev–Trinajstić information content (AvgIpc) is 3.52. The van der Waals surface area contributed by atoms with E-state index in [9.17, 15) is 14.4 Å². The number of carbonyl (C=O) groups is 2. The van der Waals surface area contributed by atoms with Crippen LogP contribution in [0.15, 0.2) is 53.6 Å². The zero-order chi connectivity index (χ0) is 26.8. The van der Waals surface area contributed by atoms with Crippen LogP contribution < -0.4 is 16.7 Å². The van der Waals surface area contributed by atoms with Crippen LogP contribution in [0, 0.1) is 23.2 Å². The van der Waals surface area contributed by atoms with Gasteiger partial charge in [0.05, 0.1) is 11.7 Å². The molecule has 12 nitrogen and oxygen atoms in total. The number of pyridine rings is 1. The van der Waals surface area contributed by atoms with Gasteiger partial charge in [0.1, 0.15) is 29.4 Å². The van der Waals surface area contributed by atoms with Crippen molar-refractivity contribution in [3.63, 3.8) is 0 Å². The topological polar surface area (TPSA) is 165 Å². The monoisotopic (exact) mass is 507 g/mol. The molecule has 1 fully saturated rings. The Hall–Kier alpha value is -5.49. The summed E-state index contributed by atoms with van der Waals surface area (Å²) in [6.45, 7) is 2.38. The first-order valence-corrected chi connectivity index (χ1v) is 11.6. The molecular formula is C26H21N9O3. The SMILES string of the molecule is CC#CC(=O)N1CCC(n2c(=O)n(-c3ccc(C(=O)Nc4cccc(C#N)n4)cc3)c3c(N)ncnc32)C1. The molecular weight excluding hydrogens is 486 g/mol. The Morgan fingerprint density at radius 1 is 1.16 bits per heavy atom. The summed E-state index contributed by atoms with van der Waals surface area (Å²) in [5, 5.41) is 11.7. The molecule has 5 rings (SSSR count). The Balaban J connectivity index is 1.49. The van der Waals surface area contributed by atoms with Crippen LogP contribution in [0.2, 0.25) is 0 Å². The Kier molecular flexibility index (Phi) is 6.29. The van der Waals surface area contributed by atoms with Crippen molar-refractivity contribution >= 4 is 34.6 Å². The van der Waals surface area contributed by atoms with Crippen molar-refractivity contribution in [1.82, 2.24) is 29.0 Å². The zero-order valence-electron chi connectivity index (χ0n) is 20.3. The molecule has 38 heavy (non-hydrogen) atoms. The highest BCUT2D eigenvalue weighted by molar-refractivity contribution is 6.04. The number of nitrogens with one attached hydrogen (secondary N) is 1. The molecule has 0 spiro atoms. The second-order valence-corrected chi connectivity index (χ2v) is 8.51. The molecule has 1 aromatic carbocycles. The van der Waals surface area contributed by atoms with E-state index in [0.29, 0.717) is 41.9 Å². The summed E-state index contributed by atoms with van der Waals surface area (Å²) in [6.07, 6.45) is 1.85. The van der Waals surface area contributed by atoms with Gasteiger partial charge >= 0.3 is 5.69 Å². The predicted octanol–water partition coefficient (Wildman–Crippen LogP) is 1.48. The fraction of sp³-hybridized carbons (Fsp3) is 0.192. The average molecular weight is 508 g/mol. The molecule has 3 N–H and O–H groups in total. The minimum absolute atomic E-state index is 0.124. The molecule has 1 saturated heterocycles. The summed E-state index contributed by atoms with van der Waals surface area (Å²) < 4.78 is 2.94. The number of nitriles is 1. The quantitative estimate of drug-likeness (QED) is 0.392. The molecule has 0 saturated carbocycles. The van der Waals surface area contributed by atoms with E-state index in [4.69, 9.17) is 11.0 Å². The largest absolute Gasteiger partial charge is 0.382 e. The fourth-order valence-electron chi connectivity index (χ4n) is 4.48. The number of aromatic nitrogens is 5. The zero-order valence-corrected chi connectivity index (χ0v) is 20.3. The Morgan fingerprint density at radius 3 is 2.68 bits per heavy atom. The Bertz CT molecular complexity index is 1740. The third-order valence-electron chi connectivity index (χ3n) is 6.22. The summed E-state index contributed by atoms with van der Waals surface area (Å²) in [7, 11) is 0. The van der Waals surface area contributed by atoms with Crippen LogP contribution in [-0.4, -0.2) is 53.9 Å². The van der Waals surface area contributed by atoms with Crippen molar-refractivity contribution in [2.75, 3.05) is 24.1 Å². The second-order valence-electron chi connectivity index (χ2n) is 8.51. The van der Waals surface area contributed by atoms with Crippen LogP contribution in [0.25, 0.3) is 16.9 Å². The molecule has 1 aliphatic rings. The number of imidazole rings is 1. The lowest BCUT2D eigenvalue weighted by Gasteiger charge is -2.14. The van der Waals surface area contributed by atoms with Crippen LogP contribution in [0.5, 0.6) is 0 Å². The van der Waals surface area contributed by atoms with Gasteiger partial charge in [-0.3, -0.25) is 18.7 Å². The van der Waals surface area contributed by atoms with E-state index in [-0.39, 0.29) is 35.0 Å². The van der Waals surface area contributed by atoms with E-state index in [2.05, 4.69) is 32.1 Å². The van der Waals surface area contributed by atoms with Crippen LogP contribution in [-0.2, 0) is 4.79 Å². The van der Waals surface area contributed by atoms with Gasteiger partial charge in [-0.25, -0.2) is 19.7 Å². The number of hydrogen-bond donors (Lipinski definition) is 2. The highest BCUT2D eigenvalue weighted by Gasteiger charge is 2.31. The van der Waals surface area contributed by atoms with E-state index >= 15 is 0 Å². The van der Waals surface area contributed by atoms with Gasteiger partial charge < -0.3 is 16.0 Å². The third-order valence-corrected chi connectivity index (χ3v) is 6.22. The van der Waals surface area contributed by atoms with Gasteiger partial charge in [-0.1, -0.05) is 12.0 Å². The van der Waals surface area contributed by atoms with Crippen LogP contribution in [0.4, 0.5) is 11.6 Å². The summed E-state index contributed by atoms with van der Waals surface area (Å²) in [4.78, 5) is 52.7. The lowest BCUT2D eigenvalue weighted by atomic mass is 10.2. The molecule has 1 unspecified atom stereocenters. The number of nitrogens with zero attached hydrogens (tertiary/aromatic N) is 7. The third kappa shape index (κ3) is 4.31. The van der Waals surface area contributed by atoms with E-state index in [1.165, 1.54) is 21.5 Å². The number of fused-ring (bicyclic) bond motifs is 1. The fourth-order valence-corrected chi connectivity index (χ4v) is 4.48. The highest BCUT2D eigenvalue weighted by atomic mass is 16.2. The van der Waals surface area contributed by atoms with Gasteiger partial charge in [0.15, 0.2) is 11.5 Å². The Morgan fingerprint density at radius 2 is 1.95 bits per heavy atom. The number of carbonyl (C=O) groups excluding carboxylic acids is 2. The second kappa shape index (κ2) is 9.87. The van der Waals surface area contributed by atoms with Crippen LogP contribution in [0.3, 0.4) is 0 Å². The number of nitrogens with two attached hydrogens (primary N) is 1. The van der Waals surface area contributed by atoms with E-state index < -0.39 is 5.91 Å². The molecule has 0 bridgehead atoms. The maximum Gasteiger partial charge on any atom is 0.335 e. The van der Waals surface area contributed by atoms with Crippen molar-refractivity contribution in [3.8, 4) is 23.6 Å². The van der Waals surface area contributed by atoms with Crippen molar-refractivity contribution in [2.45, 2.75) is 19.4 Å². The van der Waals surface area contributed by atoms with Gasteiger partial charge in [-0.05, 0) is 55.7 Å². The number of rotatable bonds is 4. The summed E-state index contributed by atoms with van der Waals surface area (Å²) in [5.74, 6) is 4.80. The number of amides is 2. The van der Waals surface area contributed by atoms with Gasteiger partial charge in [-0.2, -0.15) is 5.26 Å². The molecule has 3 aromatic heterocycles. The minimum Gasteiger partial charge on any atom is -0.382 e.